The number of nitrogens with one attached hydrogen (secondary N) is 1. The van der Waals surface area contributed by atoms with Gasteiger partial charge in [-0.2, -0.15) is 0 Å². The molecule has 9 heteroatoms. The Morgan fingerprint density at radius 1 is 0.892 bits per heavy atom. The average molecular weight is 518 g/mol. The molecule has 0 aromatic heterocycles. The highest BCUT2D eigenvalue weighted by molar-refractivity contribution is 5.81. The van der Waals surface area contributed by atoms with Gasteiger partial charge in [-0.3, -0.25) is 0 Å². The Bertz CT molecular complexity index is 930. The van der Waals surface area contributed by atoms with Crippen LogP contribution in [0.25, 0.3) is 0 Å². The summed E-state index contributed by atoms with van der Waals surface area (Å²) >= 11 is 0. The molecule has 0 heterocycles. The first-order valence-corrected chi connectivity index (χ1v) is 12.2. The van der Waals surface area contributed by atoms with Crippen molar-refractivity contribution in [1.82, 2.24) is 5.32 Å². The van der Waals surface area contributed by atoms with Gasteiger partial charge in [0.15, 0.2) is 6.04 Å². The summed E-state index contributed by atoms with van der Waals surface area (Å²) in [6.07, 6.45) is -3.04. The van der Waals surface area contributed by atoms with Crippen molar-refractivity contribution >= 4 is 12.1 Å². The number of alkyl carbamates (subject to hydrolysis) is 1. The van der Waals surface area contributed by atoms with Gasteiger partial charge in [0.2, 0.25) is 0 Å². The minimum Gasteiger partial charge on any atom is -0.467 e. The smallest absolute Gasteiger partial charge is 0.408 e. The van der Waals surface area contributed by atoms with E-state index in [1.165, 1.54) is 7.11 Å². The van der Waals surface area contributed by atoms with E-state index in [4.69, 9.17) is 23.7 Å². The molecule has 0 fully saturated rings. The van der Waals surface area contributed by atoms with Crippen LogP contribution in [0.2, 0.25) is 0 Å². The molecule has 0 aliphatic carbocycles. The van der Waals surface area contributed by atoms with Crippen LogP contribution in [0.1, 0.15) is 38.8 Å². The van der Waals surface area contributed by atoms with Crippen molar-refractivity contribution in [3.8, 4) is 0 Å². The molecule has 0 aliphatic heterocycles. The quantitative estimate of drug-likeness (QED) is 0.366. The Labute approximate surface area is 219 Å². The highest BCUT2D eigenvalue weighted by Gasteiger charge is 2.30. The van der Waals surface area contributed by atoms with E-state index in [0.717, 1.165) is 11.1 Å². The summed E-state index contributed by atoms with van der Waals surface area (Å²) in [6.45, 7) is 7.11. The maximum absolute atomic E-state index is 12.2. The zero-order chi connectivity index (χ0) is 27.3. The van der Waals surface area contributed by atoms with Gasteiger partial charge in [-0.05, 0) is 38.8 Å². The Hall–Kier alpha value is -2.98. The molecule has 37 heavy (non-hydrogen) atoms. The van der Waals surface area contributed by atoms with E-state index in [1.54, 1.807) is 27.7 Å². The molecule has 204 valence electrons. The van der Waals surface area contributed by atoms with Crippen LogP contribution in [0.4, 0.5) is 4.79 Å². The van der Waals surface area contributed by atoms with Crippen LogP contribution < -0.4 is 5.32 Å². The summed E-state index contributed by atoms with van der Waals surface area (Å²) in [6, 6.07) is 18.1. The lowest BCUT2D eigenvalue weighted by Gasteiger charge is -2.30. The molecular formula is C28H39NO8. The zero-order valence-corrected chi connectivity index (χ0v) is 22.2. The number of methoxy groups -OCH3 is 1. The molecule has 2 aromatic rings. The number of carbonyl (C=O) groups excluding carboxylic acids is 2. The van der Waals surface area contributed by atoms with Crippen molar-refractivity contribution < 1.29 is 38.4 Å². The molecule has 1 unspecified atom stereocenters. The summed E-state index contributed by atoms with van der Waals surface area (Å²) in [5.41, 5.74) is 1.16. The molecule has 1 amide bonds. The normalized spacial score (nSPS) is 14.8. The van der Waals surface area contributed by atoms with Crippen molar-refractivity contribution in [2.45, 2.75) is 70.9 Å². The van der Waals surface area contributed by atoms with Gasteiger partial charge in [0.1, 0.15) is 17.8 Å². The maximum atomic E-state index is 12.2. The Morgan fingerprint density at radius 3 is 1.92 bits per heavy atom. The fourth-order valence-electron chi connectivity index (χ4n) is 3.40. The molecule has 4 atom stereocenters. The van der Waals surface area contributed by atoms with Gasteiger partial charge in [-0.1, -0.05) is 60.7 Å². The molecule has 0 spiro atoms. The number of aliphatic hydroxyl groups excluding tert-OH is 1. The third-order valence-electron chi connectivity index (χ3n) is 5.18. The van der Waals surface area contributed by atoms with E-state index < -0.39 is 42.0 Å². The lowest BCUT2D eigenvalue weighted by atomic mass is 10.1. The molecular weight excluding hydrogens is 478 g/mol. The average Bonchev–Trinajstić information content (AvgIpc) is 2.85. The third-order valence-corrected chi connectivity index (χ3v) is 5.18. The van der Waals surface area contributed by atoms with Crippen LogP contribution in [-0.2, 0) is 41.7 Å². The van der Waals surface area contributed by atoms with Crippen LogP contribution in [0, 0.1) is 0 Å². The first kappa shape index (κ1) is 30.2. The fraction of sp³-hybridized carbons (Fsp3) is 0.500. The summed E-state index contributed by atoms with van der Waals surface area (Å²) in [7, 11) is 1.22. The van der Waals surface area contributed by atoms with E-state index in [0.29, 0.717) is 0 Å². The van der Waals surface area contributed by atoms with Crippen molar-refractivity contribution in [2.75, 3.05) is 20.3 Å². The number of hydrogen-bond acceptors (Lipinski definition) is 8. The zero-order valence-electron chi connectivity index (χ0n) is 22.2. The number of ether oxygens (including phenoxy) is 5. The van der Waals surface area contributed by atoms with Crippen molar-refractivity contribution in [2.24, 2.45) is 0 Å². The van der Waals surface area contributed by atoms with E-state index >= 15 is 0 Å². The van der Waals surface area contributed by atoms with Gasteiger partial charge in [0.05, 0.1) is 39.6 Å². The highest BCUT2D eigenvalue weighted by atomic mass is 16.6. The lowest BCUT2D eigenvalue weighted by Crippen LogP contribution is -2.48. The summed E-state index contributed by atoms with van der Waals surface area (Å²) in [5.74, 6) is -0.681. The second kappa shape index (κ2) is 15.3. The molecule has 0 saturated heterocycles. The van der Waals surface area contributed by atoms with Crippen LogP contribution in [-0.4, -0.2) is 67.4 Å². The van der Waals surface area contributed by atoms with Gasteiger partial charge in [0.25, 0.3) is 0 Å². The predicted molar refractivity (Wildman–Crippen MR) is 138 cm³/mol. The van der Waals surface area contributed by atoms with Gasteiger partial charge < -0.3 is 34.1 Å². The monoisotopic (exact) mass is 517 g/mol. The van der Waals surface area contributed by atoms with Gasteiger partial charge in [-0.25, -0.2) is 9.59 Å². The first-order chi connectivity index (χ1) is 17.6. The van der Waals surface area contributed by atoms with Gasteiger partial charge in [-0.15, -0.1) is 0 Å². The van der Waals surface area contributed by atoms with E-state index in [-0.39, 0.29) is 26.4 Å². The lowest BCUT2D eigenvalue weighted by molar-refractivity contribution is -0.154. The first-order valence-electron chi connectivity index (χ1n) is 12.2. The number of aliphatic hydroxyl groups is 1. The van der Waals surface area contributed by atoms with Gasteiger partial charge in [0, 0.05) is 0 Å². The second-order valence-corrected chi connectivity index (χ2v) is 9.60. The molecule has 9 nitrogen and oxygen atoms in total. The van der Waals surface area contributed by atoms with Crippen molar-refractivity contribution in [3.05, 3.63) is 71.8 Å². The minimum atomic E-state index is -1.09. The number of hydrogen-bond donors (Lipinski definition) is 2. The topological polar surface area (TPSA) is 113 Å². The number of rotatable bonds is 14. The summed E-state index contributed by atoms with van der Waals surface area (Å²) < 4.78 is 28.0. The number of benzene rings is 2. The molecule has 0 saturated carbocycles. The second-order valence-electron chi connectivity index (χ2n) is 9.60. The SMILES string of the molecule is COC(=O)C(COC[C@H](OCc1ccccc1)[C@@H](OCc1ccccc1)[C@H](C)O)NC(=O)OC(C)(C)C. The standard InChI is InChI=1S/C28H39NO8/c1-20(30)25(36-17-22-14-10-7-11-15-22)24(35-16-21-12-8-6-9-13-21)19-34-18-23(26(31)33-5)29-27(32)37-28(2,3)4/h6-15,20,23-25,30H,16-19H2,1-5H3,(H,29,32)/t20-,23?,24-,25-/m0/s1. The van der Waals surface area contributed by atoms with Crippen LogP contribution in [0.5, 0.6) is 0 Å². The van der Waals surface area contributed by atoms with E-state index in [9.17, 15) is 14.7 Å². The molecule has 2 N–H and O–H groups in total. The van der Waals surface area contributed by atoms with Crippen molar-refractivity contribution in [1.29, 1.82) is 0 Å². The minimum absolute atomic E-state index is 0.0132. The number of esters is 1. The van der Waals surface area contributed by atoms with E-state index in [2.05, 4.69) is 5.32 Å². The van der Waals surface area contributed by atoms with Crippen LogP contribution in [0.3, 0.4) is 0 Å². The largest absolute Gasteiger partial charge is 0.467 e. The van der Waals surface area contributed by atoms with Crippen molar-refractivity contribution in [3.63, 3.8) is 0 Å². The maximum Gasteiger partial charge on any atom is 0.408 e. The fourth-order valence-corrected chi connectivity index (χ4v) is 3.40. The van der Waals surface area contributed by atoms with Gasteiger partial charge >= 0.3 is 12.1 Å². The molecule has 2 aromatic carbocycles. The molecule has 0 radical (unpaired) electrons. The summed E-state index contributed by atoms with van der Waals surface area (Å²) in [4.78, 5) is 24.4. The molecule has 0 bridgehead atoms. The molecule has 0 aliphatic rings. The predicted octanol–water partition coefficient (Wildman–Crippen LogP) is 3.62. The number of carbonyl (C=O) groups is 2. The Kier molecular flexibility index (Phi) is 12.5. The highest BCUT2D eigenvalue weighted by Crippen LogP contribution is 2.16. The van der Waals surface area contributed by atoms with Crippen LogP contribution >= 0.6 is 0 Å². The Balaban J connectivity index is 2.08. The Morgan fingerprint density at radius 2 is 1.43 bits per heavy atom. The van der Waals surface area contributed by atoms with Crippen LogP contribution in [0.15, 0.2) is 60.7 Å². The number of amides is 1. The molecule has 2 rings (SSSR count). The third kappa shape index (κ3) is 11.7. The van der Waals surface area contributed by atoms with E-state index in [1.807, 2.05) is 60.7 Å². The summed E-state index contributed by atoms with van der Waals surface area (Å²) in [5, 5.41) is 13.0.